The third kappa shape index (κ3) is 4.69. The molecule has 0 radical (unpaired) electrons. The molecule has 0 fully saturated rings. The molecule has 0 spiro atoms. The lowest BCUT2D eigenvalue weighted by Gasteiger charge is -2.13. The van der Waals surface area contributed by atoms with Crippen LogP contribution in [0.3, 0.4) is 0 Å². The standard InChI is InChI=1S/C14H21ClO3S/c1-4-5-6-7-10-18-13-8-9-14(19(15,16)17)12(3)11(13)2/h8-9H,4-7,10H2,1-3H3. The Kier molecular flexibility index (Phi) is 6.14. The highest BCUT2D eigenvalue weighted by Gasteiger charge is 2.16. The first kappa shape index (κ1) is 16.3. The minimum Gasteiger partial charge on any atom is -0.493 e. The summed E-state index contributed by atoms with van der Waals surface area (Å²) in [5, 5.41) is 0. The monoisotopic (exact) mass is 304 g/mol. The van der Waals surface area contributed by atoms with Crippen molar-refractivity contribution in [3.05, 3.63) is 23.3 Å². The molecule has 1 aromatic carbocycles. The van der Waals surface area contributed by atoms with Crippen molar-refractivity contribution in [3.8, 4) is 5.75 Å². The number of hydrogen-bond donors (Lipinski definition) is 0. The molecule has 3 nitrogen and oxygen atoms in total. The van der Waals surface area contributed by atoms with Gasteiger partial charge in [-0.25, -0.2) is 8.42 Å². The molecule has 1 aromatic rings. The second kappa shape index (κ2) is 7.15. The molecule has 0 bridgehead atoms. The summed E-state index contributed by atoms with van der Waals surface area (Å²) in [4.78, 5) is 0.157. The van der Waals surface area contributed by atoms with Crippen molar-refractivity contribution in [1.82, 2.24) is 0 Å². The lowest BCUT2D eigenvalue weighted by molar-refractivity contribution is 0.302. The van der Waals surface area contributed by atoms with Gasteiger partial charge in [0.2, 0.25) is 0 Å². The van der Waals surface area contributed by atoms with Gasteiger partial charge >= 0.3 is 0 Å². The van der Waals surface area contributed by atoms with Crippen molar-refractivity contribution in [2.24, 2.45) is 0 Å². The molecule has 0 aliphatic carbocycles. The highest BCUT2D eigenvalue weighted by atomic mass is 35.7. The van der Waals surface area contributed by atoms with Gasteiger partial charge in [0.1, 0.15) is 5.75 Å². The first-order chi connectivity index (χ1) is 8.88. The van der Waals surface area contributed by atoms with E-state index in [2.05, 4.69) is 6.92 Å². The molecule has 5 heteroatoms. The predicted molar refractivity (Wildman–Crippen MR) is 78.6 cm³/mol. The molecule has 0 aliphatic heterocycles. The lowest BCUT2D eigenvalue weighted by atomic mass is 10.1. The normalized spacial score (nSPS) is 11.6. The van der Waals surface area contributed by atoms with Crippen molar-refractivity contribution in [2.75, 3.05) is 6.61 Å². The van der Waals surface area contributed by atoms with Gasteiger partial charge in [0.05, 0.1) is 11.5 Å². The number of rotatable bonds is 7. The summed E-state index contributed by atoms with van der Waals surface area (Å²) >= 11 is 0. The molecule has 19 heavy (non-hydrogen) atoms. The van der Waals surface area contributed by atoms with Crippen molar-refractivity contribution < 1.29 is 13.2 Å². The zero-order valence-corrected chi connectivity index (χ0v) is 13.3. The molecule has 0 aromatic heterocycles. The predicted octanol–water partition coefficient (Wildman–Crippen LogP) is 4.19. The Bertz CT molecular complexity index is 524. The Hall–Kier alpha value is -0.740. The van der Waals surface area contributed by atoms with Crippen LogP contribution < -0.4 is 4.74 Å². The smallest absolute Gasteiger partial charge is 0.261 e. The highest BCUT2D eigenvalue weighted by Crippen LogP contribution is 2.29. The van der Waals surface area contributed by atoms with Crippen molar-refractivity contribution in [3.63, 3.8) is 0 Å². The van der Waals surface area contributed by atoms with E-state index in [9.17, 15) is 8.42 Å². The van der Waals surface area contributed by atoms with E-state index >= 15 is 0 Å². The minimum atomic E-state index is -3.69. The summed E-state index contributed by atoms with van der Waals surface area (Å²) in [5.41, 5.74) is 1.48. The van der Waals surface area contributed by atoms with Gasteiger partial charge in [0.15, 0.2) is 0 Å². The molecule has 0 amide bonds. The number of benzene rings is 1. The fraction of sp³-hybridized carbons (Fsp3) is 0.571. The number of unbranched alkanes of at least 4 members (excludes halogenated alkanes) is 3. The summed E-state index contributed by atoms with van der Waals surface area (Å²) in [7, 11) is 1.69. The fourth-order valence-corrected chi connectivity index (χ4v) is 3.15. The number of hydrogen-bond acceptors (Lipinski definition) is 3. The molecule has 0 saturated heterocycles. The van der Waals surface area contributed by atoms with Gasteiger partial charge in [-0.1, -0.05) is 26.2 Å². The van der Waals surface area contributed by atoms with Crippen LogP contribution in [0.15, 0.2) is 17.0 Å². The molecule has 0 saturated carbocycles. The molecule has 0 unspecified atom stereocenters. The van der Waals surface area contributed by atoms with E-state index in [1.165, 1.54) is 18.9 Å². The average molecular weight is 305 g/mol. The first-order valence-electron chi connectivity index (χ1n) is 6.55. The summed E-state index contributed by atoms with van der Waals surface area (Å²) in [6, 6.07) is 3.18. The largest absolute Gasteiger partial charge is 0.493 e. The second-order valence-electron chi connectivity index (χ2n) is 4.66. The Morgan fingerprint density at radius 3 is 2.37 bits per heavy atom. The van der Waals surface area contributed by atoms with Crippen molar-refractivity contribution in [1.29, 1.82) is 0 Å². The van der Waals surface area contributed by atoms with Gasteiger partial charge in [-0.2, -0.15) is 0 Å². The van der Waals surface area contributed by atoms with Gasteiger partial charge in [-0.05, 0) is 43.5 Å². The number of halogens is 1. The summed E-state index contributed by atoms with van der Waals surface area (Å²) in [5.74, 6) is 0.734. The molecule has 0 atom stereocenters. The Morgan fingerprint density at radius 1 is 1.11 bits per heavy atom. The maximum absolute atomic E-state index is 11.4. The summed E-state index contributed by atoms with van der Waals surface area (Å²) in [6.07, 6.45) is 4.58. The van der Waals surface area contributed by atoms with Gasteiger partial charge < -0.3 is 4.74 Å². The highest BCUT2D eigenvalue weighted by molar-refractivity contribution is 8.13. The quantitative estimate of drug-likeness (QED) is 0.560. The minimum absolute atomic E-state index is 0.157. The van der Waals surface area contributed by atoms with Gasteiger partial charge in [-0.3, -0.25) is 0 Å². The van der Waals surface area contributed by atoms with Crippen molar-refractivity contribution >= 4 is 19.7 Å². The van der Waals surface area contributed by atoms with E-state index in [1.54, 1.807) is 13.0 Å². The average Bonchev–Trinajstić information content (AvgIpc) is 2.32. The molecule has 108 valence electrons. The van der Waals surface area contributed by atoms with Gasteiger partial charge in [-0.15, -0.1) is 0 Å². The van der Waals surface area contributed by atoms with E-state index in [1.807, 2.05) is 6.92 Å². The van der Waals surface area contributed by atoms with Gasteiger partial charge in [0.25, 0.3) is 9.05 Å². The molecular formula is C14H21ClO3S. The Labute approximate surface area is 120 Å². The van der Waals surface area contributed by atoms with Crippen LogP contribution in [0.1, 0.15) is 43.7 Å². The maximum atomic E-state index is 11.4. The fourth-order valence-electron chi connectivity index (χ4n) is 1.90. The van der Waals surface area contributed by atoms with Gasteiger partial charge in [0, 0.05) is 10.7 Å². The van der Waals surface area contributed by atoms with E-state index < -0.39 is 9.05 Å². The molecule has 1 rings (SSSR count). The lowest BCUT2D eigenvalue weighted by Crippen LogP contribution is -2.02. The Morgan fingerprint density at radius 2 is 1.79 bits per heavy atom. The third-order valence-corrected chi connectivity index (χ3v) is 4.67. The molecule has 0 N–H and O–H groups in total. The van der Waals surface area contributed by atoms with Crippen LogP contribution in [0, 0.1) is 13.8 Å². The van der Waals surface area contributed by atoms with Crippen LogP contribution >= 0.6 is 10.7 Å². The van der Waals surface area contributed by atoms with E-state index in [4.69, 9.17) is 15.4 Å². The van der Waals surface area contributed by atoms with Crippen molar-refractivity contribution in [2.45, 2.75) is 51.3 Å². The SMILES string of the molecule is CCCCCCOc1ccc(S(=O)(=O)Cl)c(C)c1C. The van der Waals surface area contributed by atoms with Crippen LogP contribution in [-0.2, 0) is 9.05 Å². The first-order valence-corrected chi connectivity index (χ1v) is 8.86. The van der Waals surface area contributed by atoms with E-state index in [0.29, 0.717) is 12.2 Å². The zero-order valence-electron chi connectivity index (χ0n) is 11.7. The van der Waals surface area contributed by atoms with Crippen LogP contribution in [0.4, 0.5) is 0 Å². The van der Waals surface area contributed by atoms with E-state index in [-0.39, 0.29) is 4.90 Å². The van der Waals surface area contributed by atoms with Crippen LogP contribution in [0.5, 0.6) is 5.75 Å². The maximum Gasteiger partial charge on any atom is 0.261 e. The summed E-state index contributed by atoms with van der Waals surface area (Å²) < 4.78 is 28.4. The zero-order chi connectivity index (χ0) is 14.5. The summed E-state index contributed by atoms with van der Waals surface area (Å²) in [6.45, 7) is 6.42. The van der Waals surface area contributed by atoms with Crippen LogP contribution in [0.25, 0.3) is 0 Å². The van der Waals surface area contributed by atoms with Crippen LogP contribution in [0.2, 0.25) is 0 Å². The topological polar surface area (TPSA) is 43.4 Å². The van der Waals surface area contributed by atoms with E-state index in [0.717, 1.165) is 24.2 Å². The molecule has 0 heterocycles. The third-order valence-electron chi connectivity index (χ3n) is 3.21. The molecular weight excluding hydrogens is 284 g/mol. The van der Waals surface area contributed by atoms with Crippen LogP contribution in [-0.4, -0.2) is 15.0 Å². The second-order valence-corrected chi connectivity index (χ2v) is 7.19. The Balaban J connectivity index is 2.75. The number of ether oxygens (including phenoxy) is 1. The molecule has 0 aliphatic rings.